The highest BCUT2D eigenvalue weighted by molar-refractivity contribution is 5.95. The normalized spacial score (nSPS) is 19.3. The fourth-order valence-corrected chi connectivity index (χ4v) is 5.47. The molecule has 0 unspecified atom stereocenters. The van der Waals surface area contributed by atoms with E-state index in [1.165, 1.54) is 4.90 Å². The van der Waals surface area contributed by atoms with Crippen molar-refractivity contribution in [3.05, 3.63) is 69.8 Å². The Bertz CT molecular complexity index is 1300. The number of carbonyl (C=O) groups excluding carboxylic acids is 1. The summed E-state index contributed by atoms with van der Waals surface area (Å²) in [5, 5.41) is 6.62. The highest BCUT2D eigenvalue weighted by atomic mass is 35.5. The number of carbonyl (C=O) groups is 1. The predicted molar refractivity (Wildman–Crippen MR) is 167 cm³/mol. The molecule has 0 spiro atoms. The lowest BCUT2D eigenvalue weighted by Gasteiger charge is -2.42. The molecule has 0 aliphatic carbocycles. The van der Waals surface area contributed by atoms with E-state index in [9.17, 15) is 31.1 Å². The number of amides is 1. The first-order chi connectivity index (χ1) is 20.0. The summed E-state index contributed by atoms with van der Waals surface area (Å²) in [7, 11) is 0. The standard InChI is InChI=1S/C31H38F6N4O2.2ClH/c1-21-6-7-23(14-22(21)2)15-27-19-39(9-5-8-38-41-12-13-43-20-29(41,3)4)10-11-40(27)28(42)24-16-25(30(32,33)34)18-26(17-24)31(35,36)37;;/h6-8,14,16-18,27H,5,9-13,15,19-20H2,1-4H3;2*1H/t27-;;/m1../s1. The lowest BCUT2D eigenvalue weighted by atomic mass is 9.97. The summed E-state index contributed by atoms with van der Waals surface area (Å²) in [5.74, 6) is -0.846. The third-order valence-corrected chi connectivity index (χ3v) is 8.10. The maximum Gasteiger partial charge on any atom is 0.416 e. The molecular formula is C31H40Cl2F6N4O2. The van der Waals surface area contributed by atoms with E-state index < -0.39 is 41.0 Å². The van der Waals surface area contributed by atoms with Crippen LogP contribution in [-0.4, -0.2) is 84.4 Å². The van der Waals surface area contributed by atoms with Crippen LogP contribution in [-0.2, 0) is 23.5 Å². The van der Waals surface area contributed by atoms with Crippen molar-refractivity contribution in [2.45, 2.75) is 64.5 Å². The number of hydrogen-bond acceptors (Lipinski definition) is 5. The summed E-state index contributed by atoms with van der Waals surface area (Å²) in [6.45, 7) is 11.6. The first-order valence-corrected chi connectivity index (χ1v) is 14.3. The van der Waals surface area contributed by atoms with Crippen LogP contribution in [0.3, 0.4) is 0 Å². The molecule has 2 fully saturated rings. The predicted octanol–water partition coefficient (Wildman–Crippen LogP) is 7.04. The number of aryl methyl sites for hydroxylation is 2. The Morgan fingerprint density at radius 2 is 1.60 bits per heavy atom. The number of hydrazone groups is 1. The van der Waals surface area contributed by atoms with Crippen molar-refractivity contribution >= 4 is 36.9 Å². The number of alkyl halides is 6. The molecule has 2 aliphatic rings. The lowest BCUT2D eigenvalue weighted by Crippen LogP contribution is -2.56. The minimum Gasteiger partial charge on any atom is -0.377 e. The summed E-state index contributed by atoms with van der Waals surface area (Å²) < 4.78 is 86.6. The zero-order chi connectivity index (χ0) is 31.6. The number of hydrogen-bond donors (Lipinski definition) is 0. The molecule has 2 heterocycles. The van der Waals surface area contributed by atoms with Gasteiger partial charge in [-0.3, -0.25) is 14.7 Å². The first-order valence-electron chi connectivity index (χ1n) is 14.3. The summed E-state index contributed by atoms with van der Waals surface area (Å²) in [6, 6.07) is 6.51. The van der Waals surface area contributed by atoms with Crippen molar-refractivity contribution in [3.8, 4) is 0 Å². The Morgan fingerprint density at radius 1 is 0.956 bits per heavy atom. The van der Waals surface area contributed by atoms with Gasteiger partial charge in [0.2, 0.25) is 0 Å². The van der Waals surface area contributed by atoms with E-state index in [1.54, 1.807) is 0 Å². The van der Waals surface area contributed by atoms with Crippen LogP contribution in [0.2, 0.25) is 0 Å². The van der Waals surface area contributed by atoms with Crippen molar-refractivity contribution in [2.75, 3.05) is 45.9 Å². The highest BCUT2D eigenvalue weighted by Crippen LogP contribution is 2.37. The minimum atomic E-state index is -5.04. The average molecular weight is 686 g/mol. The van der Waals surface area contributed by atoms with Gasteiger partial charge in [0, 0.05) is 44.0 Å². The number of benzene rings is 2. The Labute approximate surface area is 272 Å². The molecule has 2 aromatic rings. The van der Waals surface area contributed by atoms with Crippen LogP contribution < -0.4 is 0 Å². The van der Waals surface area contributed by atoms with Gasteiger partial charge in [-0.05, 0) is 75.4 Å². The van der Waals surface area contributed by atoms with Gasteiger partial charge in [0.15, 0.2) is 0 Å². The number of piperazine rings is 1. The van der Waals surface area contributed by atoms with E-state index in [2.05, 4.69) is 23.8 Å². The molecule has 0 saturated carbocycles. The number of morpholine rings is 1. The Kier molecular flexibility index (Phi) is 13.2. The third kappa shape index (κ3) is 9.97. The summed E-state index contributed by atoms with van der Waals surface area (Å²) in [4.78, 5) is 17.2. The molecule has 1 amide bonds. The molecule has 0 N–H and O–H groups in total. The van der Waals surface area contributed by atoms with E-state index in [4.69, 9.17) is 4.74 Å². The monoisotopic (exact) mass is 684 g/mol. The SMILES string of the molecule is Cc1ccc(C[C@@H]2CN(CCC=NN3CCOCC3(C)C)CCN2C(=O)c2cc(C(F)(F)F)cc(C(F)(F)F)c2)cc1C.Cl.Cl. The van der Waals surface area contributed by atoms with Gasteiger partial charge in [-0.15, -0.1) is 24.8 Å². The van der Waals surface area contributed by atoms with E-state index >= 15 is 0 Å². The Morgan fingerprint density at radius 3 is 2.18 bits per heavy atom. The van der Waals surface area contributed by atoms with Gasteiger partial charge in [0.1, 0.15) is 0 Å². The van der Waals surface area contributed by atoms with Gasteiger partial charge in [-0.25, -0.2) is 0 Å². The van der Waals surface area contributed by atoms with Crippen LogP contribution in [0.4, 0.5) is 26.3 Å². The maximum absolute atomic E-state index is 13.6. The highest BCUT2D eigenvalue weighted by Gasteiger charge is 2.39. The van der Waals surface area contributed by atoms with Crippen LogP contribution in [0.5, 0.6) is 0 Å². The van der Waals surface area contributed by atoms with Crippen LogP contribution >= 0.6 is 24.8 Å². The smallest absolute Gasteiger partial charge is 0.377 e. The zero-order valence-electron chi connectivity index (χ0n) is 25.7. The molecule has 4 rings (SSSR count). The average Bonchev–Trinajstić information content (AvgIpc) is 2.92. The van der Waals surface area contributed by atoms with Gasteiger partial charge >= 0.3 is 12.4 Å². The van der Waals surface area contributed by atoms with Gasteiger partial charge in [-0.1, -0.05) is 18.2 Å². The molecule has 2 aromatic carbocycles. The Hall–Kier alpha value is -2.54. The number of rotatable bonds is 7. The number of ether oxygens (including phenoxy) is 1. The second-order valence-corrected chi connectivity index (χ2v) is 11.9. The molecule has 6 nitrogen and oxygen atoms in total. The second-order valence-electron chi connectivity index (χ2n) is 11.9. The van der Waals surface area contributed by atoms with Crippen LogP contribution in [0.1, 0.15) is 58.4 Å². The molecule has 252 valence electrons. The minimum absolute atomic E-state index is 0. The summed E-state index contributed by atoms with van der Waals surface area (Å²) >= 11 is 0. The van der Waals surface area contributed by atoms with Crippen LogP contribution in [0, 0.1) is 13.8 Å². The fraction of sp³-hybridized carbons (Fsp3) is 0.548. The fourth-order valence-electron chi connectivity index (χ4n) is 5.47. The summed E-state index contributed by atoms with van der Waals surface area (Å²) in [5.41, 5.74) is -0.764. The molecule has 2 aliphatic heterocycles. The molecule has 0 bridgehead atoms. The topological polar surface area (TPSA) is 48.4 Å². The molecule has 14 heteroatoms. The van der Waals surface area contributed by atoms with E-state index in [0.717, 1.165) is 16.7 Å². The molecule has 0 radical (unpaired) electrons. The van der Waals surface area contributed by atoms with E-state index in [1.807, 2.05) is 43.3 Å². The number of nitrogens with zero attached hydrogens (tertiary/aromatic N) is 4. The third-order valence-electron chi connectivity index (χ3n) is 8.10. The second kappa shape index (κ2) is 15.4. The van der Waals surface area contributed by atoms with E-state index in [-0.39, 0.29) is 43.0 Å². The van der Waals surface area contributed by atoms with Gasteiger partial charge in [0.05, 0.1) is 36.4 Å². The van der Waals surface area contributed by atoms with Crippen molar-refractivity contribution < 1.29 is 35.9 Å². The van der Waals surface area contributed by atoms with Gasteiger partial charge in [0.25, 0.3) is 5.91 Å². The van der Waals surface area contributed by atoms with Crippen molar-refractivity contribution in [2.24, 2.45) is 5.10 Å². The van der Waals surface area contributed by atoms with E-state index in [0.29, 0.717) is 64.4 Å². The van der Waals surface area contributed by atoms with Crippen molar-refractivity contribution in [1.29, 1.82) is 0 Å². The van der Waals surface area contributed by atoms with Crippen molar-refractivity contribution in [1.82, 2.24) is 14.8 Å². The Balaban J connectivity index is 0.00000353. The van der Waals surface area contributed by atoms with Crippen LogP contribution in [0.25, 0.3) is 0 Å². The first kappa shape index (κ1) is 38.6. The van der Waals surface area contributed by atoms with Gasteiger partial charge < -0.3 is 9.64 Å². The summed E-state index contributed by atoms with van der Waals surface area (Å²) in [6.07, 6.45) is -7.17. The molecule has 45 heavy (non-hydrogen) atoms. The van der Waals surface area contributed by atoms with Crippen LogP contribution in [0.15, 0.2) is 41.5 Å². The van der Waals surface area contributed by atoms with Gasteiger partial charge in [-0.2, -0.15) is 31.4 Å². The number of halogens is 8. The lowest BCUT2D eigenvalue weighted by molar-refractivity contribution is -0.143. The molecular weight excluding hydrogens is 645 g/mol. The quantitative estimate of drug-likeness (QED) is 0.232. The molecule has 0 aromatic heterocycles. The molecule has 1 atom stereocenters. The maximum atomic E-state index is 13.6. The largest absolute Gasteiger partial charge is 0.416 e. The molecule has 2 saturated heterocycles. The van der Waals surface area contributed by atoms with Crippen molar-refractivity contribution in [3.63, 3.8) is 0 Å². The zero-order valence-corrected chi connectivity index (χ0v) is 27.3.